The summed E-state index contributed by atoms with van der Waals surface area (Å²) in [6.45, 7) is 8.23. The van der Waals surface area contributed by atoms with E-state index in [-0.39, 0.29) is 24.8 Å². The molecular formula is C36H47N5O5. The van der Waals surface area contributed by atoms with Gasteiger partial charge in [0.1, 0.15) is 6.04 Å². The molecule has 1 aliphatic carbocycles. The number of amides is 2. The molecule has 2 aromatic carbocycles. The minimum atomic E-state index is -0.870. The number of rotatable bonds is 11. The molecule has 46 heavy (non-hydrogen) atoms. The highest BCUT2D eigenvalue weighted by molar-refractivity contribution is 5.83. The summed E-state index contributed by atoms with van der Waals surface area (Å²) < 4.78 is 0.778. The molecule has 5 rings (SSSR count). The van der Waals surface area contributed by atoms with E-state index in [4.69, 9.17) is 0 Å². The smallest absolute Gasteiger partial charge is 0.239 e. The van der Waals surface area contributed by atoms with Gasteiger partial charge in [-0.1, -0.05) is 54.6 Å². The second-order valence-electron chi connectivity index (χ2n) is 13.8. The van der Waals surface area contributed by atoms with Crippen LogP contribution in [0, 0.1) is 11.1 Å². The number of aliphatic hydroxyl groups excluding tert-OH is 2. The summed E-state index contributed by atoms with van der Waals surface area (Å²) in [6.07, 6.45) is 2.53. The summed E-state index contributed by atoms with van der Waals surface area (Å²) in [6, 6.07) is 20.1. The Hall–Kier alpha value is -3.83. The molecule has 1 unspecified atom stereocenters. The second-order valence-corrected chi connectivity index (χ2v) is 13.8. The molecule has 1 saturated heterocycles. The van der Waals surface area contributed by atoms with Crippen molar-refractivity contribution in [2.75, 3.05) is 26.2 Å². The molecule has 0 spiro atoms. The van der Waals surface area contributed by atoms with Crippen LogP contribution in [0.3, 0.4) is 0 Å². The fourth-order valence-corrected chi connectivity index (χ4v) is 6.67. The van der Waals surface area contributed by atoms with Crippen LogP contribution >= 0.6 is 0 Å². The number of aliphatic hydroxyl groups is 2. The molecule has 0 saturated carbocycles. The SMILES string of the molecule is CC(C)(C)NC(=O)[C@@H]1CN(Cc2ccc[n+]([O-])c2)CCN1C[C@@H](O)C[C@H](Cc1ccccc1)C(=O)NC1c2ccccc2C[C@H]1O. The third kappa shape index (κ3) is 8.91. The number of nitrogens with zero attached hydrogens (tertiary/aromatic N) is 3. The zero-order valence-corrected chi connectivity index (χ0v) is 27.0. The number of hydrogen-bond acceptors (Lipinski definition) is 7. The summed E-state index contributed by atoms with van der Waals surface area (Å²) in [7, 11) is 0. The number of aromatic nitrogens is 1. The Morgan fingerprint density at radius 2 is 1.74 bits per heavy atom. The van der Waals surface area contributed by atoms with E-state index >= 15 is 0 Å². The molecule has 4 N–H and O–H groups in total. The molecule has 5 atom stereocenters. The van der Waals surface area contributed by atoms with Crippen LogP contribution in [0.4, 0.5) is 0 Å². The molecule has 2 aliphatic rings. The Morgan fingerprint density at radius 3 is 2.48 bits per heavy atom. The van der Waals surface area contributed by atoms with Gasteiger partial charge in [-0.3, -0.25) is 19.4 Å². The minimum Gasteiger partial charge on any atom is -0.619 e. The van der Waals surface area contributed by atoms with E-state index in [1.165, 1.54) is 6.20 Å². The third-order valence-corrected chi connectivity index (χ3v) is 8.82. The van der Waals surface area contributed by atoms with Gasteiger partial charge in [-0.2, -0.15) is 4.73 Å². The van der Waals surface area contributed by atoms with Gasteiger partial charge in [0, 0.05) is 62.2 Å². The van der Waals surface area contributed by atoms with Gasteiger partial charge in [0.15, 0.2) is 12.4 Å². The number of hydrogen-bond donors (Lipinski definition) is 4. The average Bonchev–Trinajstić information content (AvgIpc) is 3.31. The summed E-state index contributed by atoms with van der Waals surface area (Å²) in [5, 5.41) is 40.3. The van der Waals surface area contributed by atoms with Crippen LogP contribution in [-0.4, -0.2) is 81.8 Å². The molecule has 246 valence electrons. The van der Waals surface area contributed by atoms with Gasteiger partial charge in [0.05, 0.1) is 18.2 Å². The summed E-state index contributed by atoms with van der Waals surface area (Å²) in [5.74, 6) is -0.879. The van der Waals surface area contributed by atoms with Crippen molar-refractivity contribution in [1.82, 2.24) is 20.4 Å². The standard InChI is InChI=1S/C36H47N5O5/c1-36(2,3)38-35(45)31-24-39(21-26-12-9-15-41(46)22-26)16-17-40(31)23-29(42)19-28(18-25-10-5-4-6-11-25)34(44)37-33-30-14-8-7-13-27(30)20-32(33)43/h4-15,22,28-29,31-33,42-43H,16-21,23-24H2,1-3H3,(H,37,44)(H,38,45)/t28-,29-,31-,32+,33?/m0/s1. The van der Waals surface area contributed by atoms with E-state index in [2.05, 4.69) is 15.5 Å². The van der Waals surface area contributed by atoms with E-state index in [0.29, 0.717) is 39.0 Å². The molecule has 2 amide bonds. The first-order valence-electron chi connectivity index (χ1n) is 16.2. The molecule has 0 radical (unpaired) electrons. The van der Waals surface area contributed by atoms with Crippen LogP contribution < -0.4 is 15.4 Å². The molecule has 1 fully saturated rings. The predicted octanol–water partition coefficient (Wildman–Crippen LogP) is 2.11. The lowest BCUT2D eigenvalue weighted by Gasteiger charge is -2.42. The number of β-amino-alcohol motifs (C(OH)–C–C–N with tert-alkyl or cyclic N) is 1. The lowest BCUT2D eigenvalue weighted by atomic mass is 9.91. The van der Waals surface area contributed by atoms with E-state index in [9.17, 15) is 25.0 Å². The summed E-state index contributed by atoms with van der Waals surface area (Å²) >= 11 is 0. The zero-order chi connectivity index (χ0) is 32.8. The molecular weight excluding hydrogens is 582 g/mol. The summed E-state index contributed by atoms with van der Waals surface area (Å²) in [4.78, 5) is 31.5. The molecule has 1 aromatic heterocycles. The van der Waals surface area contributed by atoms with Crippen molar-refractivity contribution in [3.63, 3.8) is 0 Å². The van der Waals surface area contributed by atoms with Gasteiger partial charge in [-0.15, -0.1) is 0 Å². The fraction of sp³-hybridized carbons (Fsp3) is 0.472. The van der Waals surface area contributed by atoms with Crippen molar-refractivity contribution in [2.45, 2.75) is 76.4 Å². The number of nitrogens with one attached hydrogen (secondary N) is 2. The molecule has 2 heterocycles. The van der Waals surface area contributed by atoms with Crippen LogP contribution in [0.2, 0.25) is 0 Å². The van der Waals surface area contributed by atoms with Gasteiger partial charge < -0.3 is 26.1 Å². The van der Waals surface area contributed by atoms with Crippen LogP contribution in [0.5, 0.6) is 0 Å². The van der Waals surface area contributed by atoms with Crippen molar-refractivity contribution in [3.8, 4) is 0 Å². The molecule has 10 nitrogen and oxygen atoms in total. The fourth-order valence-electron chi connectivity index (χ4n) is 6.67. The first-order chi connectivity index (χ1) is 21.9. The van der Waals surface area contributed by atoms with Crippen LogP contribution in [-0.2, 0) is 29.0 Å². The van der Waals surface area contributed by atoms with Crippen LogP contribution in [0.1, 0.15) is 55.5 Å². The molecule has 10 heteroatoms. The number of benzene rings is 2. The maximum Gasteiger partial charge on any atom is 0.239 e. The first kappa shape index (κ1) is 33.5. The van der Waals surface area contributed by atoms with Crippen LogP contribution in [0.25, 0.3) is 0 Å². The quantitative estimate of drug-likeness (QED) is 0.189. The molecule has 0 bridgehead atoms. The van der Waals surface area contributed by atoms with E-state index in [1.54, 1.807) is 12.3 Å². The van der Waals surface area contributed by atoms with Gasteiger partial charge >= 0.3 is 0 Å². The molecule has 1 aliphatic heterocycles. The lowest BCUT2D eigenvalue weighted by Crippen LogP contribution is -2.62. The second kappa shape index (κ2) is 14.7. The topological polar surface area (TPSA) is 132 Å². The minimum absolute atomic E-state index is 0.121. The Bertz CT molecular complexity index is 1480. The van der Waals surface area contributed by atoms with Gasteiger partial charge in [0.2, 0.25) is 11.8 Å². The highest BCUT2D eigenvalue weighted by Gasteiger charge is 2.37. The number of pyridine rings is 1. The number of fused-ring (bicyclic) bond motifs is 1. The van der Waals surface area contributed by atoms with Crippen molar-refractivity contribution in [3.05, 3.63) is 107 Å². The monoisotopic (exact) mass is 629 g/mol. The summed E-state index contributed by atoms with van der Waals surface area (Å²) in [5.41, 5.74) is 3.37. The zero-order valence-electron chi connectivity index (χ0n) is 27.0. The van der Waals surface area contributed by atoms with Gasteiger partial charge in [-0.05, 0) is 56.4 Å². The number of piperazine rings is 1. The Morgan fingerprint density at radius 1 is 1.02 bits per heavy atom. The first-order valence-corrected chi connectivity index (χ1v) is 16.2. The molecule has 3 aromatic rings. The Balaban J connectivity index is 1.29. The average molecular weight is 630 g/mol. The lowest BCUT2D eigenvalue weighted by molar-refractivity contribution is -0.605. The Labute approximate surface area is 271 Å². The van der Waals surface area contributed by atoms with Crippen molar-refractivity contribution < 1.29 is 24.5 Å². The van der Waals surface area contributed by atoms with Crippen LogP contribution in [0.15, 0.2) is 79.1 Å². The van der Waals surface area contributed by atoms with E-state index in [1.807, 2.05) is 86.3 Å². The highest BCUT2D eigenvalue weighted by Crippen LogP contribution is 2.32. The van der Waals surface area contributed by atoms with Crippen molar-refractivity contribution in [2.24, 2.45) is 5.92 Å². The predicted molar refractivity (Wildman–Crippen MR) is 175 cm³/mol. The maximum atomic E-state index is 13.8. The third-order valence-electron chi connectivity index (χ3n) is 8.82. The van der Waals surface area contributed by atoms with Crippen molar-refractivity contribution in [1.29, 1.82) is 0 Å². The van der Waals surface area contributed by atoms with Crippen molar-refractivity contribution >= 4 is 11.8 Å². The van der Waals surface area contributed by atoms with Gasteiger partial charge in [0.25, 0.3) is 0 Å². The maximum absolute atomic E-state index is 13.8. The van der Waals surface area contributed by atoms with Gasteiger partial charge in [-0.25, -0.2) is 0 Å². The van der Waals surface area contributed by atoms with E-state index < -0.39 is 35.7 Å². The largest absolute Gasteiger partial charge is 0.619 e. The highest BCUT2D eigenvalue weighted by atomic mass is 16.5. The normalized spacial score (nSPS) is 21.7. The van der Waals surface area contributed by atoms with E-state index in [0.717, 1.165) is 27.0 Å². The number of carbonyl (C=O) groups is 2. The number of carbonyl (C=O) groups excluding carboxylic acids is 2. The Kier molecular flexibility index (Phi) is 10.7.